The molecule has 0 radical (unpaired) electrons. The number of hydrogen-bond donors (Lipinski definition) is 2. The topological polar surface area (TPSA) is 38.0 Å². The quantitative estimate of drug-likeness (QED) is 0.411. The Hall–Kier alpha value is -0.0800. The van der Waals surface area contributed by atoms with E-state index in [0.717, 1.165) is 13.1 Å². The van der Waals surface area contributed by atoms with E-state index in [4.69, 9.17) is 5.73 Å². The molecule has 0 aliphatic carbocycles. The van der Waals surface area contributed by atoms with Crippen LogP contribution in [0, 0.1) is 0 Å². The lowest BCUT2D eigenvalue weighted by atomic mass is 10.2. The maximum atomic E-state index is 5.57. The van der Waals surface area contributed by atoms with Crippen molar-refractivity contribution >= 4 is 0 Å². The van der Waals surface area contributed by atoms with Crippen LogP contribution in [-0.2, 0) is 0 Å². The monoisotopic (exact) mass is 101 g/mol. The first-order valence-electron chi connectivity index (χ1n) is 2.86. The number of rotatable bonds is 0. The molecule has 1 aliphatic rings. The highest BCUT2D eigenvalue weighted by Crippen LogP contribution is 1.96. The molecule has 2 heteroatoms. The van der Waals surface area contributed by atoms with Crippen LogP contribution in [0.5, 0.6) is 0 Å². The fraction of sp³-hybridized carbons (Fsp3) is 1.00. The van der Waals surface area contributed by atoms with E-state index < -0.39 is 0 Å². The molecule has 1 atom stereocenters. The van der Waals surface area contributed by atoms with Gasteiger partial charge >= 0.3 is 0 Å². The zero-order valence-corrected chi connectivity index (χ0v) is 4.48. The summed E-state index contributed by atoms with van der Waals surface area (Å²) in [7, 11) is 0. The van der Waals surface area contributed by atoms with Crippen LogP contribution in [0.4, 0.5) is 0 Å². The average Bonchev–Trinajstić information content (AvgIpc) is 1.69. The predicted molar refractivity (Wildman–Crippen MR) is 30.1 cm³/mol. The molecule has 0 aromatic carbocycles. The Kier molecular flexibility index (Phi) is 1.65. The molecule has 1 heterocycles. The fourth-order valence-corrected chi connectivity index (χ4v) is 0.879. The van der Waals surface area contributed by atoms with E-state index in [1.54, 1.807) is 0 Å². The summed E-state index contributed by atoms with van der Waals surface area (Å²) in [5, 5.41) is 3.21. The third-order valence-corrected chi connectivity index (χ3v) is 1.33. The van der Waals surface area contributed by atoms with Gasteiger partial charge in [0, 0.05) is 12.6 Å². The van der Waals surface area contributed by atoms with Crippen molar-refractivity contribution in [3.63, 3.8) is 0 Å². The van der Waals surface area contributed by atoms with Crippen LogP contribution in [-0.4, -0.2) is 19.1 Å². The molecule has 2 nitrogen and oxygen atoms in total. The minimum atomic E-state index is 0.425. The molecule has 1 unspecified atom stereocenters. The molecule has 3 N–H and O–H groups in total. The number of piperidine rings is 1. The molecule has 0 spiro atoms. The second-order valence-corrected chi connectivity index (χ2v) is 2.11. The Balaban J connectivity index is 2.12. The van der Waals surface area contributed by atoms with Crippen LogP contribution < -0.4 is 11.1 Å². The molecule has 0 bridgehead atoms. The van der Waals surface area contributed by atoms with Crippen molar-refractivity contribution in [1.82, 2.24) is 5.32 Å². The van der Waals surface area contributed by atoms with E-state index in [-0.39, 0.29) is 0 Å². The Labute approximate surface area is 44.1 Å². The Morgan fingerprint density at radius 3 is 2.71 bits per heavy atom. The molecule has 0 amide bonds. The molecule has 0 aromatic rings. The number of hydrogen-bond acceptors (Lipinski definition) is 2. The third kappa shape index (κ3) is 1.45. The summed E-state index contributed by atoms with van der Waals surface area (Å²) < 4.78 is 0. The van der Waals surface area contributed by atoms with Gasteiger partial charge in [0.1, 0.15) is 0 Å². The number of nitrogens with one attached hydrogen (secondary N) is 1. The van der Waals surface area contributed by atoms with Crippen molar-refractivity contribution in [2.75, 3.05) is 13.1 Å². The molecular weight excluding hydrogens is 89.1 g/mol. The summed E-state index contributed by atoms with van der Waals surface area (Å²) in [5.41, 5.74) is 5.57. The normalized spacial score (nSPS) is 33.0. The standard InChI is InChI=1S/C5H12N2/c6-5-2-1-3-7-4-5/h5,7H,1-4,6H2/i4+1. The van der Waals surface area contributed by atoms with E-state index in [2.05, 4.69) is 5.32 Å². The molecule has 0 saturated carbocycles. The van der Waals surface area contributed by atoms with Gasteiger partial charge in [-0.3, -0.25) is 0 Å². The first-order chi connectivity index (χ1) is 3.39. The lowest BCUT2D eigenvalue weighted by molar-refractivity contribution is 0.459. The molecule has 42 valence electrons. The second-order valence-electron chi connectivity index (χ2n) is 2.11. The minimum Gasteiger partial charge on any atom is -0.327 e. The summed E-state index contributed by atoms with van der Waals surface area (Å²) >= 11 is 0. The van der Waals surface area contributed by atoms with Crippen molar-refractivity contribution in [3.05, 3.63) is 0 Å². The maximum Gasteiger partial charge on any atom is 0.0165 e. The third-order valence-electron chi connectivity index (χ3n) is 1.33. The smallest absolute Gasteiger partial charge is 0.0165 e. The highest BCUT2D eigenvalue weighted by atomic mass is 15.1. The fourth-order valence-electron chi connectivity index (χ4n) is 0.879. The predicted octanol–water partition coefficient (Wildman–Crippen LogP) is -0.303. The SMILES string of the molecule is NC1CCCN[13CH2]1. The van der Waals surface area contributed by atoms with Gasteiger partial charge in [-0.05, 0) is 19.4 Å². The van der Waals surface area contributed by atoms with Crippen LogP contribution >= 0.6 is 0 Å². The van der Waals surface area contributed by atoms with Gasteiger partial charge in [0.2, 0.25) is 0 Å². The van der Waals surface area contributed by atoms with E-state index in [1.807, 2.05) is 0 Å². The van der Waals surface area contributed by atoms with Crippen LogP contribution in [0.25, 0.3) is 0 Å². The Morgan fingerprint density at radius 2 is 2.43 bits per heavy atom. The molecular formula is C5H12N2. The molecule has 1 fully saturated rings. The van der Waals surface area contributed by atoms with E-state index >= 15 is 0 Å². The lowest BCUT2D eigenvalue weighted by Crippen LogP contribution is -2.39. The van der Waals surface area contributed by atoms with Gasteiger partial charge in [-0.2, -0.15) is 0 Å². The van der Waals surface area contributed by atoms with Crippen molar-refractivity contribution in [2.24, 2.45) is 5.73 Å². The van der Waals surface area contributed by atoms with Crippen molar-refractivity contribution < 1.29 is 0 Å². The van der Waals surface area contributed by atoms with Crippen LogP contribution in [0.15, 0.2) is 0 Å². The van der Waals surface area contributed by atoms with Crippen LogP contribution in [0.1, 0.15) is 12.8 Å². The largest absolute Gasteiger partial charge is 0.327 e. The maximum absolute atomic E-state index is 5.57. The van der Waals surface area contributed by atoms with Crippen LogP contribution in [0.2, 0.25) is 0 Å². The first kappa shape index (κ1) is 5.06. The molecule has 0 aromatic heterocycles. The highest BCUT2D eigenvalue weighted by molar-refractivity contribution is 4.69. The average molecular weight is 101 g/mol. The Bertz CT molecular complexity index is 48.0. The van der Waals surface area contributed by atoms with Crippen molar-refractivity contribution in [1.29, 1.82) is 0 Å². The van der Waals surface area contributed by atoms with Crippen molar-refractivity contribution in [3.8, 4) is 0 Å². The van der Waals surface area contributed by atoms with Gasteiger partial charge in [0.25, 0.3) is 0 Å². The zero-order chi connectivity index (χ0) is 5.11. The highest BCUT2D eigenvalue weighted by Gasteiger charge is 2.05. The molecule has 7 heavy (non-hydrogen) atoms. The van der Waals surface area contributed by atoms with Gasteiger partial charge in [0.15, 0.2) is 0 Å². The molecule has 1 rings (SSSR count). The van der Waals surface area contributed by atoms with Crippen molar-refractivity contribution in [2.45, 2.75) is 18.9 Å². The van der Waals surface area contributed by atoms with Gasteiger partial charge in [-0.1, -0.05) is 0 Å². The number of nitrogens with two attached hydrogens (primary N) is 1. The van der Waals surface area contributed by atoms with Gasteiger partial charge in [-0.25, -0.2) is 0 Å². The van der Waals surface area contributed by atoms with E-state index in [9.17, 15) is 0 Å². The minimum absolute atomic E-state index is 0.425. The summed E-state index contributed by atoms with van der Waals surface area (Å²) in [4.78, 5) is 0. The summed E-state index contributed by atoms with van der Waals surface area (Å²) in [6, 6.07) is 0.425. The van der Waals surface area contributed by atoms with Gasteiger partial charge in [0.05, 0.1) is 0 Å². The van der Waals surface area contributed by atoms with E-state index in [1.165, 1.54) is 12.8 Å². The van der Waals surface area contributed by atoms with E-state index in [0.29, 0.717) is 6.04 Å². The van der Waals surface area contributed by atoms with Crippen LogP contribution in [0.3, 0.4) is 0 Å². The summed E-state index contributed by atoms with van der Waals surface area (Å²) in [6.07, 6.45) is 2.45. The lowest BCUT2D eigenvalue weighted by Gasteiger charge is -2.17. The first-order valence-corrected chi connectivity index (χ1v) is 2.86. The zero-order valence-electron chi connectivity index (χ0n) is 4.48. The second kappa shape index (κ2) is 2.28. The van der Waals surface area contributed by atoms with Gasteiger partial charge in [-0.15, -0.1) is 0 Å². The Morgan fingerprint density at radius 1 is 1.57 bits per heavy atom. The summed E-state index contributed by atoms with van der Waals surface area (Å²) in [6.45, 7) is 2.17. The molecule has 1 saturated heterocycles. The van der Waals surface area contributed by atoms with Gasteiger partial charge < -0.3 is 11.1 Å². The molecule has 1 aliphatic heterocycles. The summed E-state index contributed by atoms with van der Waals surface area (Å²) in [5.74, 6) is 0.